The van der Waals surface area contributed by atoms with Crippen molar-refractivity contribution < 1.29 is 29.3 Å². The van der Waals surface area contributed by atoms with E-state index in [0.29, 0.717) is 41.2 Å². The molecule has 0 bridgehead atoms. The molecule has 4 aromatic rings. The number of carbonyl (C=O) groups is 3. The molecule has 0 radical (unpaired) electrons. The number of methoxy groups -OCH3 is 1. The summed E-state index contributed by atoms with van der Waals surface area (Å²) < 4.78 is 5.17. The number of carbonyl (C=O) groups excluding carboxylic acids is 3. The Hall–Kier alpha value is -5.25. The average molecular weight is 646 g/mol. The third-order valence-electron chi connectivity index (χ3n) is 9.32. The maximum absolute atomic E-state index is 14.0. The van der Waals surface area contributed by atoms with Gasteiger partial charge in [-0.05, 0) is 65.6 Å². The minimum atomic E-state index is -1.84. The summed E-state index contributed by atoms with van der Waals surface area (Å²) >= 11 is 0. The highest BCUT2D eigenvalue weighted by atomic mass is 16.5. The van der Waals surface area contributed by atoms with E-state index in [4.69, 9.17) is 4.74 Å². The average Bonchev–Trinajstić information content (AvgIpc) is 3.33. The van der Waals surface area contributed by atoms with E-state index in [9.17, 15) is 24.6 Å². The third-order valence-corrected chi connectivity index (χ3v) is 9.32. The van der Waals surface area contributed by atoms with Gasteiger partial charge >= 0.3 is 0 Å². The van der Waals surface area contributed by atoms with Crippen molar-refractivity contribution in [3.8, 4) is 5.75 Å². The number of nitrogens with one attached hydrogen (secondary N) is 1. The van der Waals surface area contributed by atoms with E-state index in [1.807, 2.05) is 54.6 Å². The van der Waals surface area contributed by atoms with Crippen molar-refractivity contribution >= 4 is 29.1 Å². The van der Waals surface area contributed by atoms with Crippen LogP contribution in [0.3, 0.4) is 0 Å². The minimum absolute atomic E-state index is 0.0771. The van der Waals surface area contributed by atoms with Gasteiger partial charge in [-0.25, -0.2) is 0 Å². The first-order valence-electron chi connectivity index (χ1n) is 16.0. The molecule has 4 aromatic carbocycles. The molecule has 0 saturated heterocycles. The number of rotatable bonds is 10. The number of para-hydroxylation sites is 1. The highest BCUT2D eigenvalue weighted by Crippen LogP contribution is 2.45. The number of amides is 3. The van der Waals surface area contributed by atoms with Gasteiger partial charge in [-0.1, -0.05) is 73.7 Å². The largest absolute Gasteiger partial charge is 0.497 e. The van der Waals surface area contributed by atoms with Gasteiger partial charge in [0.1, 0.15) is 5.75 Å². The number of hydrogen-bond acceptors (Lipinski definition) is 6. The fourth-order valence-electron chi connectivity index (χ4n) is 6.61. The minimum Gasteiger partial charge on any atom is -0.497 e. The standard InChI is InChI=1S/C39H39N3O6/c1-26(9-7-16-36(44)41-24-30-12-4-3-11-29(30)22-32(41)25-43)39(47)34-14-5-6-15-35(34)42(38(39)46)23-27-10-8-13-31(21-27)40-37(45)28-17-19-33(48-2)20-18-28/h3-15,17-21,26,32,43,47H,16,22-25H2,1-2H3,(H,40,45)/b9-7+/t26-,32+,39+/m1/s1. The fourth-order valence-corrected chi connectivity index (χ4v) is 6.61. The van der Waals surface area contributed by atoms with E-state index in [0.717, 1.165) is 16.7 Å². The molecule has 3 N–H and O–H groups in total. The Balaban J connectivity index is 1.15. The van der Waals surface area contributed by atoms with Crippen molar-refractivity contribution in [3.05, 3.63) is 137 Å². The van der Waals surface area contributed by atoms with Gasteiger partial charge in [0.15, 0.2) is 5.60 Å². The van der Waals surface area contributed by atoms with E-state index in [-0.39, 0.29) is 37.4 Å². The Kier molecular flexibility index (Phi) is 9.43. The molecule has 0 fully saturated rings. The molecule has 0 saturated carbocycles. The molecule has 9 heteroatoms. The van der Waals surface area contributed by atoms with Crippen LogP contribution in [0.4, 0.5) is 11.4 Å². The summed E-state index contributed by atoms with van der Waals surface area (Å²) in [6.07, 6.45) is 4.09. The lowest BCUT2D eigenvalue weighted by atomic mass is 9.83. The lowest BCUT2D eigenvalue weighted by Gasteiger charge is -2.36. The van der Waals surface area contributed by atoms with E-state index < -0.39 is 17.4 Å². The van der Waals surface area contributed by atoms with Gasteiger partial charge in [0.25, 0.3) is 11.8 Å². The maximum Gasteiger partial charge on any atom is 0.264 e. The van der Waals surface area contributed by atoms with Gasteiger partial charge in [-0.2, -0.15) is 0 Å². The molecule has 0 aromatic heterocycles. The molecule has 0 unspecified atom stereocenters. The SMILES string of the molecule is COc1ccc(C(=O)Nc2cccc(CN3C(=O)[C@](O)([C@H](C)/C=C/CC(=O)N4Cc5ccccc5C[C@H]4CO)c4ccccc43)c2)cc1. The van der Waals surface area contributed by atoms with Crippen LogP contribution in [-0.4, -0.2) is 52.6 Å². The molecule has 0 spiro atoms. The summed E-state index contributed by atoms with van der Waals surface area (Å²) in [6, 6.07) is 28.9. The number of benzene rings is 4. The van der Waals surface area contributed by atoms with Crippen molar-refractivity contribution in [2.75, 3.05) is 23.9 Å². The molecule has 2 aliphatic rings. The number of aliphatic hydroxyl groups excluding tert-OH is 1. The normalized spacial score (nSPS) is 19.2. The van der Waals surface area contributed by atoms with E-state index >= 15 is 0 Å². The van der Waals surface area contributed by atoms with Gasteiger partial charge in [-0.3, -0.25) is 14.4 Å². The van der Waals surface area contributed by atoms with Crippen LogP contribution in [-0.2, 0) is 34.7 Å². The second-order valence-corrected chi connectivity index (χ2v) is 12.3. The quantitative estimate of drug-likeness (QED) is 0.204. The zero-order valence-electron chi connectivity index (χ0n) is 27.0. The lowest BCUT2D eigenvalue weighted by molar-refractivity contribution is -0.139. The van der Waals surface area contributed by atoms with Crippen molar-refractivity contribution in [1.29, 1.82) is 0 Å². The van der Waals surface area contributed by atoms with E-state index in [1.165, 1.54) is 0 Å². The summed E-state index contributed by atoms with van der Waals surface area (Å²) in [6.45, 7) is 2.25. The van der Waals surface area contributed by atoms with Crippen LogP contribution in [0.25, 0.3) is 0 Å². The highest BCUT2D eigenvalue weighted by Gasteiger charge is 2.52. The first-order valence-corrected chi connectivity index (χ1v) is 16.0. The number of anilines is 2. The van der Waals surface area contributed by atoms with Crippen molar-refractivity contribution in [2.24, 2.45) is 5.92 Å². The number of nitrogens with zero attached hydrogens (tertiary/aromatic N) is 2. The van der Waals surface area contributed by atoms with Crippen molar-refractivity contribution in [1.82, 2.24) is 4.90 Å². The Bertz CT molecular complexity index is 1850. The van der Waals surface area contributed by atoms with E-state index in [2.05, 4.69) is 5.32 Å². The molecule has 0 aliphatic carbocycles. The van der Waals surface area contributed by atoms with Gasteiger partial charge < -0.3 is 30.1 Å². The van der Waals surface area contributed by atoms with Crippen molar-refractivity contribution in [3.63, 3.8) is 0 Å². The zero-order valence-corrected chi connectivity index (χ0v) is 27.0. The molecule has 246 valence electrons. The summed E-state index contributed by atoms with van der Waals surface area (Å²) in [5.74, 6) is -0.856. The second-order valence-electron chi connectivity index (χ2n) is 12.3. The maximum atomic E-state index is 14.0. The monoisotopic (exact) mass is 645 g/mol. The Morgan fingerprint density at radius 3 is 2.48 bits per heavy atom. The molecule has 3 amide bonds. The summed E-state index contributed by atoms with van der Waals surface area (Å²) in [4.78, 5) is 43.4. The van der Waals surface area contributed by atoms with Crippen LogP contribution in [0.15, 0.2) is 109 Å². The van der Waals surface area contributed by atoms with Gasteiger partial charge in [-0.15, -0.1) is 0 Å². The summed E-state index contributed by atoms with van der Waals surface area (Å²) in [7, 11) is 1.56. The Morgan fingerprint density at radius 1 is 1.00 bits per heavy atom. The first-order chi connectivity index (χ1) is 23.2. The Labute approximate surface area is 280 Å². The highest BCUT2D eigenvalue weighted by molar-refractivity contribution is 6.07. The number of fused-ring (bicyclic) bond motifs is 2. The molecule has 3 atom stereocenters. The molecule has 2 aliphatic heterocycles. The molecular weight excluding hydrogens is 606 g/mol. The number of aliphatic hydroxyl groups is 2. The van der Waals surface area contributed by atoms with Crippen LogP contribution in [0.2, 0.25) is 0 Å². The first kappa shape index (κ1) is 32.7. The van der Waals surface area contributed by atoms with Gasteiger partial charge in [0.2, 0.25) is 5.91 Å². The predicted octanol–water partition coefficient (Wildman–Crippen LogP) is 5.21. The predicted molar refractivity (Wildman–Crippen MR) is 183 cm³/mol. The van der Waals surface area contributed by atoms with Crippen molar-refractivity contribution in [2.45, 2.75) is 44.5 Å². The Morgan fingerprint density at radius 2 is 1.73 bits per heavy atom. The molecule has 9 nitrogen and oxygen atoms in total. The fraction of sp³-hybridized carbons (Fsp3) is 0.256. The van der Waals surface area contributed by atoms with Crippen LogP contribution in [0.1, 0.15) is 46.0 Å². The third kappa shape index (κ3) is 6.34. The summed E-state index contributed by atoms with van der Waals surface area (Å²) in [5.41, 5.74) is 3.29. The second kappa shape index (κ2) is 13.9. The molecule has 6 rings (SSSR count). The van der Waals surface area contributed by atoms with E-state index in [1.54, 1.807) is 78.4 Å². The van der Waals surface area contributed by atoms with Crippen LogP contribution in [0.5, 0.6) is 5.75 Å². The molecular formula is C39H39N3O6. The zero-order chi connectivity index (χ0) is 33.8. The van der Waals surface area contributed by atoms with Gasteiger partial charge in [0.05, 0.1) is 32.0 Å². The smallest absolute Gasteiger partial charge is 0.264 e. The lowest BCUT2D eigenvalue weighted by Crippen LogP contribution is -2.46. The number of hydrogen-bond donors (Lipinski definition) is 3. The topological polar surface area (TPSA) is 119 Å². The van der Waals surface area contributed by atoms with Gasteiger partial charge in [0, 0.05) is 35.7 Å². The van der Waals surface area contributed by atoms with Crippen LogP contribution in [0, 0.1) is 5.92 Å². The van der Waals surface area contributed by atoms with Crippen LogP contribution >= 0.6 is 0 Å². The molecule has 48 heavy (non-hydrogen) atoms. The van der Waals surface area contributed by atoms with Crippen LogP contribution < -0.4 is 15.0 Å². The molecule has 2 heterocycles. The number of ether oxygens (including phenoxy) is 1. The summed E-state index contributed by atoms with van der Waals surface area (Å²) in [5, 5.41) is 24.9.